The van der Waals surface area contributed by atoms with Crippen molar-refractivity contribution in [1.82, 2.24) is 15.0 Å². The first-order valence-corrected chi connectivity index (χ1v) is 14.7. The van der Waals surface area contributed by atoms with Crippen molar-refractivity contribution in [3.8, 4) is 0 Å². The normalized spacial score (nSPS) is 11.6. The van der Waals surface area contributed by atoms with Gasteiger partial charge in [0.2, 0.25) is 23.0 Å². The Hall–Kier alpha value is -5.09. The van der Waals surface area contributed by atoms with Crippen LogP contribution in [0, 0.1) is 33.0 Å². The number of benzene rings is 3. The number of rotatable bonds is 10. The summed E-state index contributed by atoms with van der Waals surface area (Å²) in [6.07, 6.45) is 0. The molecule has 0 aliphatic heterocycles. The Morgan fingerprint density at radius 1 is 0.750 bits per heavy atom. The first kappa shape index (κ1) is 31.8. The molecule has 44 heavy (non-hydrogen) atoms. The van der Waals surface area contributed by atoms with Gasteiger partial charge in [-0.1, -0.05) is 0 Å². The molecule has 3 aromatic carbocycles. The SMILES string of the molecule is Cc1cc(Nc2nc(Cl)nc(Nc3ccc(Nc4cc(F)c([N+](=O)[O-])cc4[N+](=O)[O-])cc3S(=O)(=O)O)n2)ccc1S(=O)(=O)O. The van der Waals surface area contributed by atoms with Crippen LogP contribution in [0.5, 0.6) is 0 Å². The highest BCUT2D eigenvalue weighted by atomic mass is 35.5. The summed E-state index contributed by atoms with van der Waals surface area (Å²) in [6.45, 7) is 1.42. The first-order chi connectivity index (χ1) is 20.4. The van der Waals surface area contributed by atoms with Gasteiger partial charge in [-0.2, -0.15) is 36.2 Å². The molecule has 1 aromatic heterocycles. The van der Waals surface area contributed by atoms with Crippen LogP contribution in [0.4, 0.5) is 50.4 Å². The number of nitrogens with zero attached hydrogens (tertiary/aromatic N) is 5. The topological polar surface area (TPSA) is 270 Å². The number of nitro benzene ring substituents is 2. The number of hydrogen-bond donors (Lipinski definition) is 5. The van der Waals surface area contributed by atoms with Crippen molar-refractivity contribution in [2.75, 3.05) is 16.0 Å². The molecule has 0 fully saturated rings. The van der Waals surface area contributed by atoms with Crippen LogP contribution in [0.1, 0.15) is 5.56 Å². The number of aryl methyl sites for hydroxylation is 1. The molecule has 0 aliphatic carbocycles. The van der Waals surface area contributed by atoms with E-state index in [1.165, 1.54) is 25.1 Å². The largest absolute Gasteiger partial charge is 0.350 e. The van der Waals surface area contributed by atoms with Gasteiger partial charge >= 0.3 is 5.69 Å². The molecule has 0 bridgehead atoms. The second-order valence-electron chi connectivity index (χ2n) is 8.60. The fourth-order valence-corrected chi connectivity index (χ4v) is 5.28. The van der Waals surface area contributed by atoms with Crippen LogP contribution in [0.3, 0.4) is 0 Å². The Morgan fingerprint density at radius 3 is 1.89 bits per heavy atom. The molecular formula is C22H16ClFN8O10S2. The predicted octanol–water partition coefficient (Wildman–Crippen LogP) is 4.51. The first-order valence-electron chi connectivity index (χ1n) is 11.5. The molecule has 0 saturated carbocycles. The van der Waals surface area contributed by atoms with Crippen LogP contribution in [0.25, 0.3) is 0 Å². The van der Waals surface area contributed by atoms with Crippen LogP contribution >= 0.6 is 11.6 Å². The maximum atomic E-state index is 14.2. The molecule has 0 unspecified atom stereocenters. The molecule has 22 heteroatoms. The van der Waals surface area contributed by atoms with Crippen molar-refractivity contribution >= 4 is 77.9 Å². The highest BCUT2D eigenvalue weighted by Gasteiger charge is 2.26. The van der Waals surface area contributed by atoms with Crippen molar-refractivity contribution in [3.05, 3.63) is 85.4 Å². The lowest BCUT2D eigenvalue weighted by Gasteiger charge is -2.14. The van der Waals surface area contributed by atoms with Gasteiger partial charge in [-0.05, 0) is 60.5 Å². The van der Waals surface area contributed by atoms with E-state index < -0.39 is 57.9 Å². The lowest BCUT2D eigenvalue weighted by Crippen LogP contribution is -2.08. The van der Waals surface area contributed by atoms with E-state index in [2.05, 4.69) is 30.9 Å². The van der Waals surface area contributed by atoms with E-state index in [9.17, 15) is 50.6 Å². The number of nitro groups is 2. The van der Waals surface area contributed by atoms with E-state index in [-0.39, 0.29) is 44.7 Å². The molecule has 1 heterocycles. The number of halogens is 2. The molecule has 0 atom stereocenters. The summed E-state index contributed by atoms with van der Waals surface area (Å²) >= 11 is 5.97. The average Bonchev–Trinajstić information content (AvgIpc) is 2.87. The Kier molecular flexibility index (Phi) is 8.60. The van der Waals surface area contributed by atoms with Crippen LogP contribution in [0.2, 0.25) is 5.28 Å². The zero-order valence-corrected chi connectivity index (χ0v) is 24.0. The molecule has 18 nitrogen and oxygen atoms in total. The quantitative estimate of drug-likeness (QED) is 0.0881. The van der Waals surface area contributed by atoms with Gasteiger partial charge in [-0.3, -0.25) is 29.3 Å². The third-order valence-electron chi connectivity index (χ3n) is 5.56. The van der Waals surface area contributed by atoms with E-state index in [4.69, 9.17) is 11.6 Å². The summed E-state index contributed by atoms with van der Waals surface area (Å²) in [7, 11) is -9.47. The summed E-state index contributed by atoms with van der Waals surface area (Å²) in [4.78, 5) is 30.8. The zero-order chi connectivity index (χ0) is 32.6. The Morgan fingerprint density at radius 2 is 1.32 bits per heavy atom. The van der Waals surface area contributed by atoms with Gasteiger partial charge in [0.25, 0.3) is 25.9 Å². The molecule has 4 aromatic rings. The fraction of sp³-hybridized carbons (Fsp3) is 0.0455. The van der Waals surface area contributed by atoms with Gasteiger partial charge in [-0.15, -0.1) is 0 Å². The van der Waals surface area contributed by atoms with Crippen molar-refractivity contribution in [1.29, 1.82) is 0 Å². The number of aromatic nitrogens is 3. The molecule has 0 radical (unpaired) electrons. The molecule has 230 valence electrons. The lowest BCUT2D eigenvalue weighted by atomic mass is 10.2. The zero-order valence-electron chi connectivity index (χ0n) is 21.6. The Bertz CT molecular complexity index is 2070. The van der Waals surface area contributed by atoms with Crippen LogP contribution in [0.15, 0.2) is 58.3 Å². The number of anilines is 6. The average molecular weight is 671 g/mol. The molecule has 0 spiro atoms. The monoisotopic (exact) mass is 670 g/mol. The van der Waals surface area contributed by atoms with E-state index >= 15 is 0 Å². The van der Waals surface area contributed by atoms with Crippen molar-refractivity contribution in [3.63, 3.8) is 0 Å². The highest BCUT2D eigenvalue weighted by molar-refractivity contribution is 7.86. The van der Waals surface area contributed by atoms with Gasteiger partial charge < -0.3 is 16.0 Å². The second kappa shape index (κ2) is 11.9. The second-order valence-corrected chi connectivity index (χ2v) is 11.7. The van der Waals surface area contributed by atoms with Crippen LogP contribution in [-0.4, -0.2) is 50.7 Å². The molecule has 4 rings (SSSR count). The van der Waals surface area contributed by atoms with E-state index in [1.807, 2.05) is 0 Å². The predicted molar refractivity (Wildman–Crippen MR) is 152 cm³/mol. The third kappa shape index (κ3) is 7.27. The minimum Gasteiger partial charge on any atom is -0.350 e. The maximum Gasteiger partial charge on any atom is 0.311 e. The van der Waals surface area contributed by atoms with Gasteiger partial charge in [0.15, 0.2) is 0 Å². The van der Waals surface area contributed by atoms with Gasteiger partial charge in [-0.25, -0.2) is 0 Å². The van der Waals surface area contributed by atoms with E-state index in [0.29, 0.717) is 12.1 Å². The van der Waals surface area contributed by atoms with Gasteiger partial charge in [0, 0.05) is 17.4 Å². The van der Waals surface area contributed by atoms with Crippen LogP contribution in [-0.2, 0) is 20.2 Å². The van der Waals surface area contributed by atoms with E-state index in [0.717, 1.165) is 18.2 Å². The number of hydrogen-bond acceptors (Lipinski definition) is 14. The standard InChI is InChI=1S/C22H16ClFN8O10S2/c1-10-6-11(3-5-18(10)43(37,38)39)26-21-28-20(23)29-22(30-21)27-14-4-2-12(7-19(14)44(40,41)42)25-15-8-13(24)16(31(33)34)9-17(15)32(35)36/h2-9,25H,1H3,(H,37,38,39)(H,40,41,42)(H2,26,27,28,29,30). The van der Waals surface area contributed by atoms with Gasteiger partial charge in [0.05, 0.1) is 26.5 Å². The summed E-state index contributed by atoms with van der Waals surface area (Å²) < 4.78 is 80.6. The summed E-state index contributed by atoms with van der Waals surface area (Å²) in [5.74, 6) is -1.93. The molecular weight excluding hydrogens is 655 g/mol. The fourth-order valence-electron chi connectivity index (χ4n) is 3.74. The van der Waals surface area contributed by atoms with Crippen LogP contribution < -0.4 is 16.0 Å². The summed E-state index contributed by atoms with van der Waals surface area (Å²) in [5, 5.41) is 29.7. The van der Waals surface area contributed by atoms with Gasteiger partial charge in [0.1, 0.15) is 10.6 Å². The molecule has 0 aliphatic rings. The molecule has 0 amide bonds. The van der Waals surface area contributed by atoms with E-state index in [1.54, 1.807) is 0 Å². The minimum absolute atomic E-state index is 0.185. The summed E-state index contributed by atoms with van der Waals surface area (Å²) in [5.41, 5.74) is -2.67. The van der Waals surface area contributed by atoms with Crippen molar-refractivity contribution in [2.24, 2.45) is 0 Å². The van der Waals surface area contributed by atoms with Crippen molar-refractivity contribution in [2.45, 2.75) is 16.7 Å². The molecule has 5 N–H and O–H groups in total. The maximum absolute atomic E-state index is 14.2. The highest BCUT2D eigenvalue weighted by Crippen LogP contribution is 2.35. The molecule has 0 saturated heterocycles. The smallest absolute Gasteiger partial charge is 0.311 e. The number of nitrogens with one attached hydrogen (secondary N) is 3. The third-order valence-corrected chi connectivity index (χ3v) is 7.64. The summed E-state index contributed by atoms with van der Waals surface area (Å²) in [6, 6.07) is 7.72. The van der Waals surface area contributed by atoms with Crippen molar-refractivity contribution < 1.29 is 40.2 Å². The Balaban J connectivity index is 1.66. The lowest BCUT2D eigenvalue weighted by molar-refractivity contribution is -0.395. The Labute approximate surface area is 250 Å². The minimum atomic E-state index is -5.00.